The van der Waals surface area contributed by atoms with Crippen LogP contribution in [-0.2, 0) is 4.79 Å². The monoisotopic (exact) mass is 519 g/mol. The highest BCUT2D eigenvalue weighted by atomic mass is 79.9. The average Bonchev–Trinajstić information content (AvgIpc) is 2.81. The molecule has 8 nitrogen and oxygen atoms in total. The zero-order chi connectivity index (χ0) is 24.4. The molecule has 0 heterocycles. The van der Waals surface area contributed by atoms with Crippen LogP contribution in [0.2, 0.25) is 0 Å². The van der Waals surface area contributed by atoms with Crippen molar-refractivity contribution in [3.63, 3.8) is 0 Å². The van der Waals surface area contributed by atoms with Crippen molar-refractivity contribution < 1.29 is 23.8 Å². The van der Waals surface area contributed by atoms with Gasteiger partial charge in [0.1, 0.15) is 11.8 Å². The number of halogens is 1. The molecule has 0 aliphatic heterocycles. The Morgan fingerprint density at radius 2 is 1.82 bits per heavy atom. The quantitative estimate of drug-likeness (QED) is 0.343. The number of nitrogens with one attached hydrogen (secondary N) is 2. The predicted octanol–water partition coefficient (Wildman–Crippen LogP) is 4.16. The van der Waals surface area contributed by atoms with Crippen LogP contribution in [0, 0.1) is 5.92 Å². The third-order valence-corrected chi connectivity index (χ3v) is 5.27. The van der Waals surface area contributed by atoms with E-state index in [4.69, 9.17) is 14.2 Å². The van der Waals surface area contributed by atoms with Crippen LogP contribution in [0.15, 0.2) is 46.0 Å². The summed E-state index contributed by atoms with van der Waals surface area (Å²) in [6.45, 7) is 6.28. The van der Waals surface area contributed by atoms with Gasteiger partial charge in [0, 0.05) is 5.56 Å². The molecule has 0 fully saturated rings. The van der Waals surface area contributed by atoms with Gasteiger partial charge in [-0.1, -0.05) is 20.8 Å². The lowest BCUT2D eigenvalue weighted by molar-refractivity contribution is -0.123. The van der Waals surface area contributed by atoms with E-state index in [9.17, 15) is 9.59 Å². The summed E-state index contributed by atoms with van der Waals surface area (Å²) in [5.74, 6) is 0.891. The summed E-state index contributed by atoms with van der Waals surface area (Å²) in [6.07, 6.45) is 2.37. The predicted molar refractivity (Wildman–Crippen MR) is 131 cm³/mol. The fraction of sp³-hybridized carbons (Fsp3) is 0.375. The minimum Gasteiger partial charge on any atom is -0.497 e. The average molecular weight is 520 g/mol. The van der Waals surface area contributed by atoms with Crippen LogP contribution in [-0.4, -0.2) is 44.9 Å². The Bertz CT molecular complexity index is 977. The van der Waals surface area contributed by atoms with E-state index in [0.717, 1.165) is 10.9 Å². The highest BCUT2D eigenvalue weighted by Gasteiger charge is 2.24. The molecule has 0 aliphatic carbocycles. The van der Waals surface area contributed by atoms with Crippen molar-refractivity contribution in [3.05, 3.63) is 52.0 Å². The van der Waals surface area contributed by atoms with Crippen LogP contribution >= 0.6 is 15.9 Å². The van der Waals surface area contributed by atoms with Crippen LogP contribution in [0.25, 0.3) is 0 Å². The first-order valence-electron chi connectivity index (χ1n) is 10.6. The number of hydrogen-bond donors (Lipinski definition) is 2. The Balaban J connectivity index is 2.06. The first-order valence-corrected chi connectivity index (χ1v) is 11.4. The molecule has 9 heteroatoms. The molecule has 0 bridgehead atoms. The van der Waals surface area contributed by atoms with Crippen molar-refractivity contribution in [2.75, 3.05) is 20.8 Å². The maximum atomic E-state index is 12.7. The molecule has 2 aromatic rings. The molecule has 33 heavy (non-hydrogen) atoms. The van der Waals surface area contributed by atoms with Crippen molar-refractivity contribution in [2.24, 2.45) is 11.0 Å². The van der Waals surface area contributed by atoms with E-state index in [1.54, 1.807) is 44.6 Å². The van der Waals surface area contributed by atoms with Crippen molar-refractivity contribution >= 4 is 34.0 Å². The van der Waals surface area contributed by atoms with Gasteiger partial charge in [0.2, 0.25) is 0 Å². The highest BCUT2D eigenvalue weighted by molar-refractivity contribution is 9.10. The Morgan fingerprint density at radius 3 is 2.39 bits per heavy atom. The fourth-order valence-electron chi connectivity index (χ4n) is 2.90. The van der Waals surface area contributed by atoms with Gasteiger partial charge in [0.25, 0.3) is 11.8 Å². The molecule has 2 N–H and O–H groups in total. The van der Waals surface area contributed by atoms with E-state index < -0.39 is 11.9 Å². The lowest BCUT2D eigenvalue weighted by Gasteiger charge is -2.20. The zero-order valence-corrected chi connectivity index (χ0v) is 21.1. The number of rotatable bonds is 11. The Morgan fingerprint density at radius 1 is 1.12 bits per heavy atom. The summed E-state index contributed by atoms with van der Waals surface area (Å²) in [5, 5.41) is 6.81. The number of methoxy groups -OCH3 is 2. The second-order valence-corrected chi connectivity index (χ2v) is 8.39. The largest absolute Gasteiger partial charge is 0.497 e. The fourth-order valence-corrected chi connectivity index (χ4v) is 3.47. The molecule has 0 aromatic heterocycles. The number of ether oxygens (including phenoxy) is 3. The standard InChI is InChI=1S/C24H30BrN3O5/c1-6-11-33-22-19(25)12-16(13-20(22)32-5)14-26-28-24(30)21(15(2)3)27-23(29)17-7-9-18(31-4)10-8-17/h7-10,12-15,21H,6,11H2,1-5H3,(H,27,29)(H,28,30). The summed E-state index contributed by atoms with van der Waals surface area (Å²) in [6, 6.07) is 9.47. The maximum absolute atomic E-state index is 12.7. The van der Waals surface area contributed by atoms with Crippen molar-refractivity contribution in [1.82, 2.24) is 10.7 Å². The molecule has 2 rings (SSSR count). The zero-order valence-electron chi connectivity index (χ0n) is 19.5. The molecular weight excluding hydrogens is 490 g/mol. The molecule has 2 aromatic carbocycles. The Labute approximate surface area is 202 Å². The van der Waals surface area contributed by atoms with Gasteiger partial charge in [0.05, 0.1) is 31.5 Å². The van der Waals surface area contributed by atoms with Gasteiger partial charge < -0.3 is 19.5 Å². The lowest BCUT2D eigenvalue weighted by Crippen LogP contribution is -2.48. The summed E-state index contributed by atoms with van der Waals surface area (Å²) < 4.78 is 16.9. The molecule has 0 radical (unpaired) electrons. The lowest BCUT2D eigenvalue weighted by atomic mass is 10.0. The SMILES string of the molecule is CCCOc1c(Br)cc(C=NNC(=O)C(NC(=O)c2ccc(OC)cc2)C(C)C)cc1OC. The normalized spacial score (nSPS) is 11.8. The van der Waals surface area contributed by atoms with Gasteiger partial charge in [-0.05, 0) is 70.2 Å². The van der Waals surface area contributed by atoms with Crippen molar-refractivity contribution in [1.29, 1.82) is 0 Å². The van der Waals surface area contributed by atoms with Crippen molar-refractivity contribution in [2.45, 2.75) is 33.2 Å². The van der Waals surface area contributed by atoms with Crippen LogP contribution in [0.1, 0.15) is 43.1 Å². The molecular formula is C24H30BrN3O5. The Hall–Kier alpha value is -3.07. The summed E-state index contributed by atoms with van der Waals surface area (Å²) in [7, 11) is 3.11. The molecule has 1 unspecified atom stereocenters. The van der Waals surface area contributed by atoms with E-state index >= 15 is 0 Å². The van der Waals surface area contributed by atoms with Gasteiger partial charge in [0.15, 0.2) is 11.5 Å². The maximum Gasteiger partial charge on any atom is 0.262 e. The summed E-state index contributed by atoms with van der Waals surface area (Å²) >= 11 is 3.48. The second-order valence-electron chi connectivity index (χ2n) is 7.54. The number of hydrazone groups is 1. The van der Waals surface area contributed by atoms with Gasteiger partial charge in [-0.25, -0.2) is 5.43 Å². The van der Waals surface area contributed by atoms with Crippen LogP contribution in [0.5, 0.6) is 17.2 Å². The first-order chi connectivity index (χ1) is 15.8. The first kappa shape index (κ1) is 26.2. The van der Waals surface area contributed by atoms with Gasteiger partial charge >= 0.3 is 0 Å². The van der Waals surface area contributed by atoms with Crippen LogP contribution < -0.4 is 25.0 Å². The Kier molecular flexibility index (Phi) is 10.2. The van der Waals surface area contributed by atoms with Gasteiger partial charge in [-0.3, -0.25) is 9.59 Å². The van der Waals surface area contributed by atoms with Gasteiger partial charge in [-0.2, -0.15) is 5.10 Å². The molecule has 2 amide bonds. The number of hydrogen-bond acceptors (Lipinski definition) is 6. The summed E-state index contributed by atoms with van der Waals surface area (Å²) in [5.41, 5.74) is 3.63. The number of carbonyl (C=O) groups excluding carboxylic acids is 2. The third kappa shape index (κ3) is 7.49. The highest BCUT2D eigenvalue weighted by Crippen LogP contribution is 2.36. The van der Waals surface area contributed by atoms with Crippen LogP contribution in [0.4, 0.5) is 0 Å². The second kappa shape index (κ2) is 12.8. The number of carbonyl (C=O) groups is 2. The summed E-state index contributed by atoms with van der Waals surface area (Å²) in [4.78, 5) is 25.3. The molecule has 0 saturated carbocycles. The third-order valence-electron chi connectivity index (χ3n) is 4.68. The van der Waals surface area contributed by atoms with E-state index in [1.807, 2.05) is 26.8 Å². The minimum atomic E-state index is -0.761. The molecule has 0 saturated heterocycles. The molecule has 0 spiro atoms. The smallest absolute Gasteiger partial charge is 0.262 e. The van der Waals surface area contributed by atoms with Crippen molar-refractivity contribution in [3.8, 4) is 17.2 Å². The van der Waals surface area contributed by atoms with Crippen LogP contribution in [0.3, 0.4) is 0 Å². The molecule has 0 aliphatic rings. The molecule has 1 atom stereocenters. The van der Waals surface area contributed by atoms with E-state index in [-0.39, 0.29) is 11.8 Å². The minimum absolute atomic E-state index is 0.147. The molecule has 178 valence electrons. The van der Waals surface area contributed by atoms with Gasteiger partial charge in [-0.15, -0.1) is 0 Å². The topological polar surface area (TPSA) is 98.2 Å². The number of amides is 2. The van der Waals surface area contributed by atoms with E-state index in [0.29, 0.717) is 35.0 Å². The number of nitrogens with zero attached hydrogens (tertiary/aromatic N) is 1. The number of benzene rings is 2. The van der Waals surface area contributed by atoms with E-state index in [1.165, 1.54) is 6.21 Å². The van der Waals surface area contributed by atoms with E-state index in [2.05, 4.69) is 31.8 Å².